The van der Waals surface area contributed by atoms with Crippen LogP contribution in [0.3, 0.4) is 0 Å². The highest BCUT2D eigenvalue weighted by Gasteiger charge is 2.24. The summed E-state index contributed by atoms with van der Waals surface area (Å²) in [5.74, 6) is 1.67. The molecular formula is C23H27N5O2. The predicted molar refractivity (Wildman–Crippen MR) is 114 cm³/mol. The summed E-state index contributed by atoms with van der Waals surface area (Å²) < 4.78 is 6.83. The van der Waals surface area contributed by atoms with E-state index < -0.39 is 0 Å². The van der Waals surface area contributed by atoms with Gasteiger partial charge in [0.2, 0.25) is 0 Å². The number of likely N-dealkylation sites (tertiary alicyclic amines) is 1. The summed E-state index contributed by atoms with van der Waals surface area (Å²) >= 11 is 0. The summed E-state index contributed by atoms with van der Waals surface area (Å²) in [6.45, 7) is 3.61. The Hall–Kier alpha value is -3.22. The van der Waals surface area contributed by atoms with Crippen molar-refractivity contribution in [1.29, 1.82) is 0 Å². The third-order valence-electron chi connectivity index (χ3n) is 5.94. The van der Waals surface area contributed by atoms with Crippen molar-refractivity contribution in [2.24, 2.45) is 5.92 Å². The van der Waals surface area contributed by atoms with E-state index in [1.54, 1.807) is 18.1 Å². The molecule has 0 saturated carbocycles. The van der Waals surface area contributed by atoms with Crippen LogP contribution in [0, 0.1) is 12.8 Å². The normalized spacial score (nSPS) is 14.7. The van der Waals surface area contributed by atoms with E-state index in [-0.39, 0.29) is 5.91 Å². The molecule has 2 heterocycles. The molecule has 4 rings (SSSR count). The Morgan fingerprint density at radius 3 is 2.53 bits per heavy atom. The lowest BCUT2D eigenvalue weighted by molar-refractivity contribution is 0.0687. The molecule has 7 nitrogen and oxygen atoms in total. The molecule has 30 heavy (non-hydrogen) atoms. The summed E-state index contributed by atoms with van der Waals surface area (Å²) in [7, 11) is 1.69. The van der Waals surface area contributed by atoms with Crippen molar-refractivity contribution in [3.63, 3.8) is 0 Å². The molecule has 1 aliphatic rings. The van der Waals surface area contributed by atoms with Crippen molar-refractivity contribution in [2.75, 3.05) is 20.2 Å². The highest BCUT2D eigenvalue weighted by Crippen LogP contribution is 2.25. The van der Waals surface area contributed by atoms with Gasteiger partial charge >= 0.3 is 0 Å². The smallest absolute Gasteiger partial charge is 0.253 e. The van der Waals surface area contributed by atoms with Gasteiger partial charge in [0.15, 0.2) is 0 Å². The van der Waals surface area contributed by atoms with E-state index >= 15 is 0 Å². The maximum atomic E-state index is 13.0. The minimum Gasteiger partial charge on any atom is -0.497 e. The van der Waals surface area contributed by atoms with Gasteiger partial charge in [0.25, 0.3) is 5.91 Å². The highest BCUT2D eigenvalue weighted by molar-refractivity contribution is 5.94. The van der Waals surface area contributed by atoms with Gasteiger partial charge in [-0.3, -0.25) is 4.79 Å². The molecule has 1 fully saturated rings. The second-order valence-corrected chi connectivity index (χ2v) is 7.88. The molecule has 0 unspecified atom stereocenters. The van der Waals surface area contributed by atoms with Crippen molar-refractivity contribution in [3.05, 3.63) is 65.5 Å². The number of ether oxygens (including phenoxy) is 1. The Balaban J connectivity index is 1.30. The van der Waals surface area contributed by atoms with Gasteiger partial charge in [-0.1, -0.05) is 12.1 Å². The molecule has 0 spiro atoms. The van der Waals surface area contributed by atoms with E-state index in [4.69, 9.17) is 4.74 Å². The van der Waals surface area contributed by atoms with Gasteiger partial charge in [-0.2, -0.15) is 0 Å². The molecule has 1 saturated heterocycles. The van der Waals surface area contributed by atoms with Crippen molar-refractivity contribution in [1.82, 2.24) is 25.1 Å². The third kappa shape index (κ3) is 4.50. The summed E-state index contributed by atoms with van der Waals surface area (Å²) in [6, 6.07) is 14.0. The van der Waals surface area contributed by atoms with Crippen LogP contribution < -0.4 is 4.74 Å². The molecule has 1 aliphatic heterocycles. The second-order valence-electron chi connectivity index (χ2n) is 7.88. The first-order valence-corrected chi connectivity index (χ1v) is 10.4. The van der Waals surface area contributed by atoms with Crippen LogP contribution in [0.1, 0.15) is 40.7 Å². The van der Waals surface area contributed by atoms with E-state index in [1.807, 2.05) is 42.2 Å². The van der Waals surface area contributed by atoms with Crippen LogP contribution in [-0.4, -0.2) is 51.2 Å². The number of rotatable bonds is 6. The fraction of sp³-hybridized carbons (Fsp3) is 0.391. The number of amides is 1. The van der Waals surface area contributed by atoms with E-state index in [2.05, 4.69) is 27.7 Å². The quantitative estimate of drug-likeness (QED) is 0.628. The van der Waals surface area contributed by atoms with Crippen LogP contribution in [0.2, 0.25) is 0 Å². The van der Waals surface area contributed by atoms with E-state index in [1.165, 1.54) is 5.56 Å². The number of nitrogens with zero attached hydrogens (tertiary/aromatic N) is 5. The Kier molecular flexibility index (Phi) is 6.07. The maximum absolute atomic E-state index is 13.0. The number of methoxy groups -OCH3 is 1. The number of carbonyl (C=O) groups is 1. The molecule has 2 aromatic carbocycles. The zero-order chi connectivity index (χ0) is 20.9. The standard InChI is InChI=1S/C23H27N5O2/c1-17-15-20(7-10-22(17)28-16-24-25-26-28)23(29)27-13-11-19(12-14-27)4-3-18-5-8-21(30-2)9-6-18/h5-10,15-16,19H,3-4,11-14H2,1-2H3. The number of benzene rings is 2. The molecule has 0 aliphatic carbocycles. The van der Waals surface area contributed by atoms with Gasteiger partial charge in [0.05, 0.1) is 12.8 Å². The van der Waals surface area contributed by atoms with Crippen LogP contribution in [0.4, 0.5) is 0 Å². The lowest BCUT2D eigenvalue weighted by atomic mass is 9.90. The first-order chi connectivity index (χ1) is 14.6. The minimum absolute atomic E-state index is 0.106. The van der Waals surface area contributed by atoms with Crippen molar-refractivity contribution in [2.45, 2.75) is 32.6 Å². The molecule has 0 radical (unpaired) electrons. The van der Waals surface area contributed by atoms with Crippen LogP contribution in [-0.2, 0) is 6.42 Å². The first kappa shape index (κ1) is 20.1. The number of aryl methyl sites for hydroxylation is 2. The van der Waals surface area contributed by atoms with E-state index in [0.717, 1.165) is 61.3 Å². The van der Waals surface area contributed by atoms with Gasteiger partial charge < -0.3 is 9.64 Å². The van der Waals surface area contributed by atoms with E-state index in [0.29, 0.717) is 5.92 Å². The second kappa shape index (κ2) is 9.07. The van der Waals surface area contributed by atoms with Crippen LogP contribution in [0.25, 0.3) is 5.69 Å². The monoisotopic (exact) mass is 405 g/mol. The predicted octanol–water partition coefficient (Wildman–Crippen LogP) is 3.46. The largest absolute Gasteiger partial charge is 0.497 e. The highest BCUT2D eigenvalue weighted by atomic mass is 16.5. The summed E-state index contributed by atoms with van der Waals surface area (Å²) in [6.07, 6.45) is 5.90. The van der Waals surface area contributed by atoms with Gasteiger partial charge in [-0.25, -0.2) is 4.68 Å². The minimum atomic E-state index is 0.106. The Bertz CT molecular complexity index is 977. The lowest BCUT2D eigenvalue weighted by Crippen LogP contribution is -2.38. The first-order valence-electron chi connectivity index (χ1n) is 10.4. The van der Waals surface area contributed by atoms with Crippen molar-refractivity contribution in [3.8, 4) is 11.4 Å². The van der Waals surface area contributed by atoms with Gasteiger partial charge in [-0.15, -0.1) is 5.10 Å². The Morgan fingerprint density at radius 1 is 1.13 bits per heavy atom. The average molecular weight is 406 g/mol. The van der Waals surface area contributed by atoms with Crippen molar-refractivity contribution >= 4 is 5.91 Å². The molecule has 0 atom stereocenters. The number of piperidine rings is 1. The number of hydrogen-bond donors (Lipinski definition) is 0. The zero-order valence-corrected chi connectivity index (χ0v) is 17.5. The Labute approximate surface area is 176 Å². The number of aromatic nitrogens is 4. The molecule has 0 bridgehead atoms. The maximum Gasteiger partial charge on any atom is 0.253 e. The van der Waals surface area contributed by atoms with E-state index in [9.17, 15) is 4.79 Å². The number of hydrogen-bond acceptors (Lipinski definition) is 5. The third-order valence-corrected chi connectivity index (χ3v) is 5.94. The van der Waals surface area contributed by atoms with Crippen LogP contribution in [0.15, 0.2) is 48.8 Å². The Morgan fingerprint density at radius 2 is 1.90 bits per heavy atom. The lowest BCUT2D eigenvalue weighted by Gasteiger charge is -2.32. The SMILES string of the molecule is COc1ccc(CCC2CCN(C(=O)c3ccc(-n4cnnn4)c(C)c3)CC2)cc1. The summed E-state index contributed by atoms with van der Waals surface area (Å²) in [4.78, 5) is 14.9. The molecule has 1 amide bonds. The molecule has 3 aromatic rings. The summed E-state index contributed by atoms with van der Waals surface area (Å²) in [5.41, 5.74) is 3.92. The van der Waals surface area contributed by atoms with Crippen LogP contribution >= 0.6 is 0 Å². The number of carbonyl (C=O) groups excluding carboxylic acids is 1. The molecular weight excluding hydrogens is 378 g/mol. The molecule has 0 N–H and O–H groups in total. The molecule has 1 aromatic heterocycles. The number of tetrazole rings is 1. The van der Waals surface area contributed by atoms with Crippen molar-refractivity contribution < 1.29 is 9.53 Å². The molecule has 7 heteroatoms. The molecule has 156 valence electrons. The average Bonchev–Trinajstić information content (AvgIpc) is 3.32. The fourth-order valence-electron chi connectivity index (χ4n) is 4.09. The zero-order valence-electron chi connectivity index (χ0n) is 17.5. The van der Waals surface area contributed by atoms with Gasteiger partial charge in [-0.05, 0) is 90.4 Å². The van der Waals surface area contributed by atoms with Gasteiger partial charge in [0.1, 0.15) is 12.1 Å². The van der Waals surface area contributed by atoms with Gasteiger partial charge in [0, 0.05) is 18.7 Å². The fourth-order valence-corrected chi connectivity index (χ4v) is 4.09. The topological polar surface area (TPSA) is 73.1 Å². The summed E-state index contributed by atoms with van der Waals surface area (Å²) in [5, 5.41) is 11.3. The van der Waals surface area contributed by atoms with Crippen LogP contribution in [0.5, 0.6) is 5.75 Å².